The van der Waals surface area contributed by atoms with Crippen molar-refractivity contribution in [2.45, 2.75) is 19.4 Å². The maximum absolute atomic E-state index is 13.4. The molecule has 1 aliphatic heterocycles. The van der Waals surface area contributed by atoms with Crippen molar-refractivity contribution in [2.24, 2.45) is 5.92 Å². The maximum atomic E-state index is 13.4. The van der Waals surface area contributed by atoms with Crippen LogP contribution in [-0.4, -0.2) is 28.9 Å². The summed E-state index contributed by atoms with van der Waals surface area (Å²) in [4.78, 5) is 19.1. The average molecular weight is 413 g/mol. The van der Waals surface area contributed by atoms with Gasteiger partial charge in [-0.05, 0) is 49.2 Å². The van der Waals surface area contributed by atoms with E-state index in [1.807, 2.05) is 29.6 Å². The molecule has 4 nitrogen and oxygen atoms in total. The number of nitrogens with one attached hydrogen (secondary N) is 1. The quantitative estimate of drug-likeness (QED) is 0.645. The highest BCUT2D eigenvalue weighted by molar-refractivity contribution is 7.07. The Kier molecular flexibility index (Phi) is 5.97. The smallest absolute Gasteiger partial charge is 0.228 e. The average Bonchev–Trinajstić information content (AvgIpc) is 3.26. The minimum atomic E-state index is -0.842. The van der Waals surface area contributed by atoms with Crippen LogP contribution < -0.4 is 5.32 Å². The van der Waals surface area contributed by atoms with E-state index in [2.05, 4.69) is 15.2 Å². The standard InChI is InChI=1S/C22H21F2N3OS/c23-19-8-3-15(10-20(19)24)11-27-9-1-2-17(12-27)22(28)26-18-6-4-16(5-7-18)21-13-29-14-25-21/h3-8,10,13-14,17H,1-2,9,11-12H2,(H,26,28)/t17-/m0/s1. The molecule has 1 saturated heterocycles. The van der Waals surface area contributed by atoms with E-state index in [0.29, 0.717) is 18.7 Å². The van der Waals surface area contributed by atoms with Crippen molar-refractivity contribution in [1.29, 1.82) is 0 Å². The first kappa shape index (κ1) is 19.7. The Balaban J connectivity index is 1.35. The van der Waals surface area contributed by atoms with Crippen LogP contribution in [0.3, 0.4) is 0 Å². The minimum Gasteiger partial charge on any atom is -0.326 e. The molecular weight excluding hydrogens is 392 g/mol. The Morgan fingerprint density at radius 2 is 2.00 bits per heavy atom. The van der Waals surface area contributed by atoms with Crippen molar-refractivity contribution in [1.82, 2.24) is 9.88 Å². The molecule has 0 spiro atoms. The molecule has 1 aromatic heterocycles. The molecule has 1 atom stereocenters. The van der Waals surface area contributed by atoms with Gasteiger partial charge in [-0.15, -0.1) is 11.3 Å². The Labute approximate surface area is 172 Å². The Hall–Kier alpha value is -2.64. The molecule has 7 heteroatoms. The second-order valence-electron chi connectivity index (χ2n) is 7.26. The number of hydrogen-bond acceptors (Lipinski definition) is 4. The van der Waals surface area contributed by atoms with Crippen molar-refractivity contribution in [3.8, 4) is 11.3 Å². The molecule has 2 heterocycles. The summed E-state index contributed by atoms with van der Waals surface area (Å²) in [5.74, 6) is -1.82. The van der Waals surface area contributed by atoms with E-state index in [4.69, 9.17) is 0 Å². The molecule has 1 N–H and O–H groups in total. The second-order valence-corrected chi connectivity index (χ2v) is 7.98. The highest BCUT2D eigenvalue weighted by Gasteiger charge is 2.26. The van der Waals surface area contributed by atoms with Gasteiger partial charge in [0.1, 0.15) is 0 Å². The highest BCUT2D eigenvalue weighted by Crippen LogP contribution is 2.24. The van der Waals surface area contributed by atoms with Gasteiger partial charge in [0.2, 0.25) is 5.91 Å². The second kappa shape index (κ2) is 8.80. The summed E-state index contributed by atoms with van der Waals surface area (Å²) in [7, 11) is 0. The van der Waals surface area contributed by atoms with Gasteiger partial charge in [0.15, 0.2) is 11.6 Å². The van der Waals surface area contributed by atoms with Crippen LogP contribution >= 0.6 is 11.3 Å². The van der Waals surface area contributed by atoms with Crippen LogP contribution in [0, 0.1) is 17.6 Å². The van der Waals surface area contributed by atoms with Gasteiger partial charge in [-0.1, -0.05) is 18.2 Å². The first-order valence-corrected chi connectivity index (χ1v) is 10.5. The summed E-state index contributed by atoms with van der Waals surface area (Å²) >= 11 is 1.55. The SMILES string of the molecule is O=C(Nc1ccc(-c2cscn2)cc1)[C@H]1CCCN(Cc2ccc(F)c(F)c2)C1. The van der Waals surface area contributed by atoms with Crippen molar-refractivity contribution < 1.29 is 13.6 Å². The Bertz CT molecular complexity index is 976. The molecule has 0 aliphatic carbocycles. The maximum Gasteiger partial charge on any atom is 0.228 e. The van der Waals surface area contributed by atoms with E-state index in [9.17, 15) is 13.6 Å². The lowest BCUT2D eigenvalue weighted by atomic mass is 9.96. The van der Waals surface area contributed by atoms with Crippen molar-refractivity contribution >= 4 is 22.9 Å². The monoisotopic (exact) mass is 413 g/mol. The lowest BCUT2D eigenvalue weighted by Crippen LogP contribution is -2.40. The first-order valence-electron chi connectivity index (χ1n) is 9.54. The van der Waals surface area contributed by atoms with Crippen LogP contribution in [-0.2, 0) is 11.3 Å². The normalized spacial score (nSPS) is 17.2. The van der Waals surface area contributed by atoms with E-state index in [0.717, 1.165) is 42.4 Å². The van der Waals surface area contributed by atoms with E-state index >= 15 is 0 Å². The number of benzene rings is 2. The summed E-state index contributed by atoms with van der Waals surface area (Å²) in [6, 6.07) is 11.6. The Morgan fingerprint density at radius 3 is 2.72 bits per heavy atom. The third-order valence-electron chi connectivity index (χ3n) is 5.15. The summed E-state index contributed by atoms with van der Waals surface area (Å²) in [5.41, 5.74) is 5.20. The zero-order valence-electron chi connectivity index (χ0n) is 15.8. The molecule has 0 saturated carbocycles. The van der Waals surface area contributed by atoms with Gasteiger partial charge in [-0.3, -0.25) is 9.69 Å². The number of carbonyl (C=O) groups is 1. The number of anilines is 1. The van der Waals surface area contributed by atoms with E-state index in [-0.39, 0.29) is 11.8 Å². The topological polar surface area (TPSA) is 45.2 Å². The number of likely N-dealkylation sites (tertiary alicyclic amines) is 1. The third-order valence-corrected chi connectivity index (χ3v) is 5.73. The van der Waals surface area contributed by atoms with Crippen molar-refractivity contribution in [3.05, 3.63) is 70.6 Å². The zero-order chi connectivity index (χ0) is 20.2. The van der Waals surface area contributed by atoms with Gasteiger partial charge in [0.05, 0.1) is 17.1 Å². The Morgan fingerprint density at radius 1 is 1.17 bits per heavy atom. The van der Waals surface area contributed by atoms with Crippen LogP contribution in [0.25, 0.3) is 11.3 Å². The molecule has 1 aliphatic rings. The molecule has 0 unspecified atom stereocenters. The number of piperidine rings is 1. The molecule has 3 aromatic rings. The van der Waals surface area contributed by atoms with Gasteiger partial charge in [0, 0.05) is 29.7 Å². The third kappa shape index (κ3) is 4.86. The van der Waals surface area contributed by atoms with Gasteiger partial charge >= 0.3 is 0 Å². The molecule has 29 heavy (non-hydrogen) atoms. The number of amides is 1. The summed E-state index contributed by atoms with van der Waals surface area (Å²) in [6.45, 7) is 1.94. The number of thiazole rings is 1. The van der Waals surface area contributed by atoms with Gasteiger partial charge in [-0.2, -0.15) is 0 Å². The lowest BCUT2D eigenvalue weighted by Gasteiger charge is -2.32. The van der Waals surface area contributed by atoms with Crippen molar-refractivity contribution in [3.63, 3.8) is 0 Å². The van der Waals surface area contributed by atoms with E-state index in [1.54, 1.807) is 22.9 Å². The molecule has 2 aromatic carbocycles. The summed E-state index contributed by atoms with van der Waals surface area (Å²) in [5, 5.41) is 4.98. The molecule has 4 rings (SSSR count). The fourth-order valence-corrected chi connectivity index (χ4v) is 4.19. The molecule has 0 bridgehead atoms. The van der Waals surface area contributed by atoms with Gasteiger partial charge < -0.3 is 5.32 Å². The lowest BCUT2D eigenvalue weighted by molar-refractivity contribution is -0.121. The summed E-state index contributed by atoms with van der Waals surface area (Å²) in [6.07, 6.45) is 1.71. The molecule has 0 radical (unpaired) electrons. The summed E-state index contributed by atoms with van der Waals surface area (Å²) < 4.78 is 26.6. The van der Waals surface area contributed by atoms with Crippen LogP contribution in [0.4, 0.5) is 14.5 Å². The highest BCUT2D eigenvalue weighted by atomic mass is 32.1. The number of rotatable bonds is 5. The van der Waals surface area contributed by atoms with Crippen LogP contribution in [0.15, 0.2) is 53.4 Å². The van der Waals surface area contributed by atoms with E-state index < -0.39 is 11.6 Å². The predicted octanol–water partition coefficient (Wildman–Crippen LogP) is 4.94. The van der Waals surface area contributed by atoms with E-state index in [1.165, 1.54) is 6.07 Å². The molecule has 150 valence electrons. The first-order chi connectivity index (χ1) is 14.1. The fourth-order valence-electron chi connectivity index (χ4n) is 3.63. The molecular formula is C22H21F2N3OS. The number of nitrogens with zero attached hydrogens (tertiary/aromatic N) is 2. The van der Waals surface area contributed by atoms with Crippen LogP contribution in [0.2, 0.25) is 0 Å². The van der Waals surface area contributed by atoms with Crippen LogP contribution in [0.5, 0.6) is 0 Å². The van der Waals surface area contributed by atoms with Crippen LogP contribution in [0.1, 0.15) is 18.4 Å². The zero-order valence-corrected chi connectivity index (χ0v) is 16.6. The molecule has 1 amide bonds. The fraction of sp³-hybridized carbons (Fsp3) is 0.273. The largest absolute Gasteiger partial charge is 0.326 e. The number of aromatic nitrogens is 1. The van der Waals surface area contributed by atoms with Crippen molar-refractivity contribution in [2.75, 3.05) is 18.4 Å². The minimum absolute atomic E-state index is 0.0126. The van der Waals surface area contributed by atoms with Gasteiger partial charge in [0.25, 0.3) is 0 Å². The number of halogens is 2. The molecule has 1 fully saturated rings. The number of hydrogen-bond donors (Lipinski definition) is 1. The van der Waals surface area contributed by atoms with Gasteiger partial charge in [-0.25, -0.2) is 13.8 Å². The predicted molar refractivity (Wildman–Crippen MR) is 111 cm³/mol. The number of carbonyl (C=O) groups excluding carboxylic acids is 1.